The van der Waals surface area contributed by atoms with Crippen LogP contribution in [0.25, 0.3) is 11.1 Å². The van der Waals surface area contributed by atoms with Gasteiger partial charge in [-0.3, -0.25) is 0 Å². The zero-order chi connectivity index (χ0) is 25.9. The molecular weight excluding hydrogens is 500 g/mol. The molecule has 0 saturated heterocycles. The molecule has 0 aromatic heterocycles. The molecule has 1 heteroatoms. The fourth-order valence-corrected chi connectivity index (χ4v) is 12.8. The Morgan fingerprint density at radius 3 is 2.03 bits per heavy atom. The van der Waals surface area contributed by atoms with E-state index in [0.29, 0.717) is 0 Å². The van der Waals surface area contributed by atoms with Gasteiger partial charge in [-0.05, 0) is 0 Å². The van der Waals surface area contributed by atoms with Gasteiger partial charge in [-0.1, -0.05) is 0 Å². The van der Waals surface area contributed by atoms with Crippen molar-refractivity contribution >= 4 is 6.48 Å². The van der Waals surface area contributed by atoms with Crippen molar-refractivity contribution in [2.24, 2.45) is 5.41 Å². The predicted molar refractivity (Wildman–Crippen MR) is 153 cm³/mol. The average molecular weight is 546 g/mol. The first-order valence-corrected chi connectivity index (χ1v) is 17.2. The first kappa shape index (κ1) is 26.7. The third-order valence-electron chi connectivity index (χ3n) is 8.38. The van der Waals surface area contributed by atoms with E-state index in [9.17, 15) is 0 Å². The Morgan fingerprint density at radius 2 is 1.46 bits per heavy atom. The van der Waals surface area contributed by atoms with Crippen LogP contribution in [0.15, 0.2) is 51.3 Å². The number of benzene rings is 2. The number of fused-ring (bicyclic) bond motifs is 3. The van der Waals surface area contributed by atoms with E-state index in [2.05, 4.69) is 119 Å². The number of hydrogen-bond donors (Lipinski definition) is 0. The molecule has 35 heavy (non-hydrogen) atoms. The van der Waals surface area contributed by atoms with Crippen molar-refractivity contribution in [3.8, 4) is 11.1 Å². The van der Waals surface area contributed by atoms with Crippen LogP contribution in [0, 0.1) is 5.41 Å². The van der Waals surface area contributed by atoms with E-state index < -0.39 is 21.3 Å². The van der Waals surface area contributed by atoms with Gasteiger partial charge in [0.1, 0.15) is 0 Å². The second kappa shape index (κ2) is 9.20. The van der Waals surface area contributed by atoms with Crippen molar-refractivity contribution in [1.82, 2.24) is 0 Å². The van der Waals surface area contributed by atoms with Crippen LogP contribution < -0.4 is 3.27 Å². The van der Waals surface area contributed by atoms with E-state index in [-0.39, 0.29) is 16.2 Å². The summed E-state index contributed by atoms with van der Waals surface area (Å²) in [6.07, 6.45) is 8.62. The maximum absolute atomic E-state index is 2.64. The van der Waals surface area contributed by atoms with Gasteiger partial charge in [-0.2, -0.15) is 0 Å². The summed E-state index contributed by atoms with van der Waals surface area (Å²) in [6.45, 7) is 26.1. The van der Waals surface area contributed by atoms with E-state index in [4.69, 9.17) is 0 Å². The molecule has 0 heterocycles. The van der Waals surface area contributed by atoms with Gasteiger partial charge in [0.05, 0.1) is 0 Å². The van der Waals surface area contributed by atoms with Crippen LogP contribution in [0.5, 0.6) is 0 Å². The van der Waals surface area contributed by atoms with Crippen molar-refractivity contribution in [2.75, 3.05) is 0 Å². The molecular formula is C34H46Zr. The Bertz CT molecular complexity index is 1260. The molecule has 0 N–H and O–H groups in total. The van der Waals surface area contributed by atoms with Crippen LogP contribution in [0.2, 0.25) is 0 Å². The summed E-state index contributed by atoms with van der Waals surface area (Å²) in [5.41, 5.74) is 11.3. The molecule has 2 aromatic rings. The van der Waals surface area contributed by atoms with Crippen molar-refractivity contribution < 1.29 is 21.3 Å². The van der Waals surface area contributed by atoms with Crippen LogP contribution in [0.4, 0.5) is 0 Å². The van der Waals surface area contributed by atoms with Gasteiger partial charge in [0.25, 0.3) is 0 Å². The van der Waals surface area contributed by atoms with E-state index in [1.165, 1.54) is 34.2 Å². The van der Waals surface area contributed by atoms with Gasteiger partial charge in [-0.25, -0.2) is 0 Å². The first-order chi connectivity index (χ1) is 16.1. The Balaban J connectivity index is 1.93. The molecule has 2 aliphatic carbocycles. The Labute approximate surface area is 223 Å². The summed E-state index contributed by atoms with van der Waals surface area (Å²) in [5.74, 6) is 0. The summed E-state index contributed by atoms with van der Waals surface area (Å²) in [7, 11) is 0. The summed E-state index contributed by atoms with van der Waals surface area (Å²) in [5, 5.41) is 0. The van der Waals surface area contributed by atoms with Crippen LogP contribution in [0.3, 0.4) is 0 Å². The van der Waals surface area contributed by atoms with Crippen LogP contribution >= 0.6 is 0 Å². The molecule has 0 bridgehead atoms. The molecule has 2 aromatic carbocycles. The molecule has 0 unspecified atom stereocenters. The number of hydrogen-bond acceptors (Lipinski definition) is 0. The monoisotopic (exact) mass is 544 g/mol. The molecule has 2 aliphatic rings. The zero-order valence-corrected chi connectivity index (χ0v) is 26.6. The first-order valence-electron chi connectivity index (χ1n) is 13.5. The second-order valence-corrected chi connectivity index (χ2v) is 20.9. The minimum atomic E-state index is -2.19. The third-order valence-corrected chi connectivity index (χ3v) is 15.7. The average Bonchev–Trinajstić information content (AvgIpc) is 3.37. The fraction of sp³-hybridized carbons (Fsp3) is 0.500. The molecule has 0 spiro atoms. The second-order valence-electron chi connectivity index (χ2n) is 13.7. The maximum atomic E-state index is 2.64. The van der Waals surface area contributed by atoms with Crippen molar-refractivity contribution in [2.45, 2.75) is 106 Å². The molecule has 0 fully saturated rings. The Kier molecular flexibility index (Phi) is 7.03. The van der Waals surface area contributed by atoms with Crippen LogP contribution in [-0.2, 0) is 38.5 Å². The topological polar surface area (TPSA) is 0 Å². The fourth-order valence-electron chi connectivity index (χ4n) is 5.54. The predicted octanol–water partition coefficient (Wildman–Crippen LogP) is 8.96. The molecule has 0 nitrogen and oxygen atoms in total. The molecule has 0 atom stereocenters. The quantitative estimate of drug-likeness (QED) is 0.307. The van der Waals surface area contributed by atoms with E-state index in [1.807, 2.05) is 0 Å². The molecule has 0 saturated carbocycles. The SMILES string of the molecule is CCC(C)(C)C1=CC[C]([Zr](=[C](C)C)[c]2cc(C(C)(C)C)cc3c2Cc2ccc(C(C)(C)C)cc2-3)=C1. The van der Waals surface area contributed by atoms with Gasteiger partial charge >= 0.3 is 224 Å². The zero-order valence-electron chi connectivity index (χ0n) is 24.2. The van der Waals surface area contributed by atoms with E-state index in [1.54, 1.807) is 20.9 Å². The van der Waals surface area contributed by atoms with Gasteiger partial charge in [0, 0.05) is 0 Å². The van der Waals surface area contributed by atoms with Crippen molar-refractivity contribution in [1.29, 1.82) is 0 Å². The van der Waals surface area contributed by atoms with Gasteiger partial charge in [0.2, 0.25) is 0 Å². The van der Waals surface area contributed by atoms with Crippen molar-refractivity contribution in [3.05, 3.63) is 73.6 Å². The van der Waals surface area contributed by atoms with E-state index >= 15 is 0 Å². The normalized spacial score (nSPS) is 15.5. The Hall–Kier alpha value is -1.33. The molecule has 0 amide bonds. The summed E-state index contributed by atoms with van der Waals surface area (Å²) < 4.78 is 5.20. The van der Waals surface area contributed by atoms with Gasteiger partial charge in [0.15, 0.2) is 0 Å². The number of allylic oxidation sites excluding steroid dienone is 4. The standard InChI is InChI=1S/C21H25.C10H15.C3H6.Zr/c1-20(2,3)16-9-7-14-11-15-8-10-17(21(4,5)6)13-19(15)18(14)12-16;1-4-10(2,3)9-7-5-6-8-9;1-3-2;/h7,9-10,12-13H,11H2,1-6H3;7-8H,4-5H2,1-3H3;1-2H3;. The van der Waals surface area contributed by atoms with Gasteiger partial charge in [-0.15, -0.1) is 0 Å². The molecule has 4 rings (SSSR count). The van der Waals surface area contributed by atoms with Crippen LogP contribution in [-0.4, -0.2) is 3.21 Å². The summed E-state index contributed by atoms with van der Waals surface area (Å²) in [4.78, 5) is 0. The van der Waals surface area contributed by atoms with Crippen molar-refractivity contribution in [3.63, 3.8) is 0 Å². The summed E-state index contributed by atoms with van der Waals surface area (Å²) >= 11 is -2.19. The molecule has 0 aliphatic heterocycles. The molecule has 186 valence electrons. The number of rotatable bonds is 4. The van der Waals surface area contributed by atoms with Gasteiger partial charge < -0.3 is 0 Å². The van der Waals surface area contributed by atoms with E-state index in [0.717, 1.165) is 12.8 Å². The Morgan fingerprint density at radius 1 is 0.829 bits per heavy atom. The molecule has 0 radical (unpaired) electrons. The summed E-state index contributed by atoms with van der Waals surface area (Å²) in [6, 6.07) is 12.5. The van der Waals surface area contributed by atoms with Crippen LogP contribution in [0.1, 0.15) is 111 Å². The third kappa shape index (κ3) is 5.10. The minimum absolute atomic E-state index is 0.141.